The fourth-order valence-electron chi connectivity index (χ4n) is 2.33. The molecule has 1 N–H and O–H groups in total. The second-order valence-electron chi connectivity index (χ2n) is 5.74. The fourth-order valence-corrected chi connectivity index (χ4v) is 3.11. The Balaban J connectivity index is 2.30. The highest BCUT2D eigenvalue weighted by Crippen LogP contribution is 2.35. The van der Waals surface area contributed by atoms with Gasteiger partial charge in [-0.3, -0.25) is 4.79 Å². The Labute approximate surface area is 177 Å². The molecule has 2 aromatic rings. The Hall–Kier alpha value is -2.60. The van der Waals surface area contributed by atoms with Gasteiger partial charge in [0.1, 0.15) is 17.5 Å². The van der Waals surface area contributed by atoms with Crippen LogP contribution < -0.4 is 14.8 Å². The second kappa shape index (κ2) is 10.7. The van der Waals surface area contributed by atoms with Crippen molar-refractivity contribution in [2.75, 3.05) is 18.5 Å². The third-order valence-corrected chi connectivity index (χ3v) is 4.36. The molecule has 0 aliphatic carbocycles. The predicted molar refractivity (Wildman–Crippen MR) is 115 cm³/mol. The summed E-state index contributed by atoms with van der Waals surface area (Å²) in [5.74, 6) is 0.229. The monoisotopic (exact) mass is 494 g/mol. The molecule has 7 heteroatoms. The van der Waals surface area contributed by atoms with Crippen LogP contribution in [0.15, 0.2) is 42.0 Å². The lowest BCUT2D eigenvalue weighted by Crippen LogP contribution is -2.13. The molecule has 0 heterocycles. The SMILES string of the molecule is CCCOc1c(I)cc(/C=C(/C#N)C(=O)Nc2ccc(F)cc2)cc1OCC. The van der Waals surface area contributed by atoms with E-state index in [0.29, 0.717) is 36.0 Å². The first kappa shape index (κ1) is 21.7. The minimum absolute atomic E-state index is 0.0789. The number of rotatable bonds is 8. The van der Waals surface area contributed by atoms with Gasteiger partial charge < -0.3 is 14.8 Å². The first-order chi connectivity index (χ1) is 13.5. The highest BCUT2D eigenvalue weighted by atomic mass is 127. The molecule has 0 saturated carbocycles. The van der Waals surface area contributed by atoms with Gasteiger partial charge in [0.25, 0.3) is 5.91 Å². The van der Waals surface area contributed by atoms with Crippen molar-refractivity contribution in [3.8, 4) is 17.6 Å². The summed E-state index contributed by atoms with van der Waals surface area (Å²) in [7, 11) is 0. The molecule has 0 aromatic heterocycles. The Morgan fingerprint density at radius 1 is 1.25 bits per heavy atom. The summed E-state index contributed by atoms with van der Waals surface area (Å²) in [5.41, 5.74) is 0.966. The van der Waals surface area contributed by atoms with Gasteiger partial charge in [-0.15, -0.1) is 0 Å². The lowest BCUT2D eigenvalue weighted by Gasteiger charge is -2.14. The molecule has 0 radical (unpaired) electrons. The number of anilines is 1. The van der Waals surface area contributed by atoms with Crippen LogP contribution in [0.2, 0.25) is 0 Å². The zero-order valence-electron chi connectivity index (χ0n) is 15.6. The molecule has 5 nitrogen and oxygen atoms in total. The van der Waals surface area contributed by atoms with Crippen molar-refractivity contribution in [2.24, 2.45) is 0 Å². The van der Waals surface area contributed by atoms with Crippen molar-refractivity contribution in [3.63, 3.8) is 0 Å². The summed E-state index contributed by atoms with van der Waals surface area (Å²) in [6.07, 6.45) is 2.35. The summed E-state index contributed by atoms with van der Waals surface area (Å²) >= 11 is 2.14. The molecular weight excluding hydrogens is 474 g/mol. The normalized spacial score (nSPS) is 10.9. The molecule has 0 spiro atoms. The topological polar surface area (TPSA) is 71.3 Å². The molecule has 0 aliphatic heterocycles. The molecule has 28 heavy (non-hydrogen) atoms. The van der Waals surface area contributed by atoms with Crippen molar-refractivity contribution < 1.29 is 18.7 Å². The minimum Gasteiger partial charge on any atom is -0.490 e. The van der Waals surface area contributed by atoms with E-state index in [2.05, 4.69) is 27.9 Å². The van der Waals surface area contributed by atoms with E-state index < -0.39 is 11.7 Å². The zero-order chi connectivity index (χ0) is 20.5. The highest BCUT2D eigenvalue weighted by Gasteiger charge is 2.14. The number of carbonyl (C=O) groups is 1. The summed E-state index contributed by atoms with van der Waals surface area (Å²) in [5, 5.41) is 12.0. The van der Waals surface area contributed by atoms with Gasteiger partial charge in [-0.2, -0.15) is 5.26 Å². The van der Waals surface area contributed by atoms with E-state index in [1.54, 1.807) is 6.07 Å². The van der Waals surface area contributed by atoms with Gasteiger partial charge in [0, 0.05) is 5.69 Å². The van der Waals surface area contributed by atoms with Crippen LogP contribution in [0.25, 0.3) is 6.08 Å². The van der Waals surface area contributed by atoms with Crippen molar-refractivity contribution in [1.82, 2.24) is 0 Å². The number of amides is 1. The number of hydrogen-bond donors (Lipinski definition) is 1. The van der Waals surface area contributed by atoms with Crippen LogP contribution in [-0.2, 0) is 4.79 Å². The standard InChI is InChI=1S/C21H20FIN2O3/c1-3-9-28-20-18(23)11-14(12-19(20)27-4-2)10-15(13-24)21(26)25-17-7-5-16(22)6-8-17/h5-8,10-12H,3-4,9H2,1-2H3,(H,25,26)/b15-10-. The molecule has 2 rings (SSSR count). The Bertz CT molecular complexity index is 905. The Morgan fingerprint density at radius 2 is 1.96 bits per heavy atom. The van der Waals surface area contributed by atoms with Gasteiger partial charge in [-0.25, -0.2) is 4.39 Å². The smallest absolute Gasteiger partial charge is 0.266 e. The second-order valence-corrected chi connectivity index (χ2v) is 6.90. The first-order valence-electron chi connectivity index (χ1n) is 8.76. The van der Waals surface area contributed by atoms with Crippen LogP contribution in [0.5, 0.6) is 11.5 Å². The molecule has 0 unspecified atom stereocenters. The molecule has 146 valence electrons. The molecule has 0 aliphatic rings. The van der Waals surface area contributed by atoms with Gasteiger partial charge >= 0.3 is 0 Å². The van der Waals surface area contributed by atoms with E-state index in [1.807, 2.05) is 26.0 Å². The van der Waals surface area contributed by atoms with Crippen molar-refractivity contribution >= 4 is 40.3 Å². The lowest BCUT2D eigenvalue weighted by molar-refractivity contribution is -0.112. The molecule has 2 aromatic carbocycles. The third-order valence-electron chi connectivity index (χ3n) is 3.56. The summed E-state index contributed by atoms with van der Waals surface area (Å²) in [6.45, 7) is 4.91. The largest absolute Gasteiger partial charge is 0.490 e. The van der Waals surface area contributed by atoms with Crippen LogP contribution in [0.3, 0.4) is 0 Å². The lowest BCUT2D eigenvalue weighted by atomic mass is 10.1. The number of nitriles is 1. The van der Waals surface area contributed by atoms with E-state index in [0.717, 1.165) is 9.99 Å². The van der Waals surface area contributed by atoms with E-state index in [4.69, 9.17) is 9.47 Å². The summed E-state index contributed by atoms with van der Waals surface area (Å²) < 4.78 is 25.2. The maximum absolute atomic E-state index is 13.0. The van der Waals surface area contributed by atoms with Crippen LogP contribution in [0.4, 0.5) is 10.1 Å². The van der Waals surface area contributed by atoms with E-state index >= 15 is 0 Å². The van der Waals surface area contributed by atoms with Crippen molar-refractivity contribution in [1.29, 1.82) is 5.26 Å². The summed E-state index contributed by atoms with van der Waals surface area (Å²) in [4.78, 5) is 12.4. The molecular formula is C21H20FIN2O3. The first-order valence-corrected chi connectivity index (χ1v) is 9.84. The van der Waals surface area contributed by atoms with Gasteiger partial charge in [0.15, 0.2) is 11.5 Å². The van der Waals surface area contributed by atoms with Gasteiger partial charge in [-0.1, -0.05) is 6.92 Å². The molecule has 0 atom stereocenters. The van der Waals surface area contributed by atoms with Crippen molar-refractivity contribution in [3.05, 3.63) is 56.9 Å². The summed E-state index contributed by atoms with van der Waals surface area (Å²) in [6, 6.07) is 10.8. The van der Waals surface area contributed by atoms with E-state index in [-0.39, 0.29) is 5.57 Å². The maximum Gasteiger partial charge on any atom is 0.266 e. The van der Waals surface area contributed by atoms with Gasteiger partial charge in [0.05, 0.1) is 16.8 Å². The van der Waals surface area contributed by atoms with Crippen LogP contribution >= 0.6 is 22.6 Å². The van der Waals surface area contributed by atoms with E-state index in [1.165, 1.54) is 30.3 Å². The molecule has 0 saturated heterocycles. The number of halogens is 2. The number of nitrogens with one attached hydrogen (secondary N) is 1. The molecule has 1 amide bonds. The number of ether oxygens (including phenoxy) is 2. The Morgan fingerprint density at radius 3 is 2.57 bits per heavy atom. The van der Waals surface area contributed by atoms with Crippen LogP contribution in [0.1, 0.15) is 25.8 Å². The van der Waals surface area contributed by atoms with Gasteiger partial charge in [-0.05, 0) is 84.0 Å². The number of nitrogens with zero attached hydrogens (tertiary/aromatic N) is 1. The van der Waals surface area contributed by atoms with Gasteiger partial charge in [0.2, 0.25) is 0 Å². The maximum atomic E-state index is 13.0. The van der Waals surface area contributed by atoms with E-state index in [9.17, 15) is 14.4 Å². The third kappa shape index (κ3) is 5.96. The van der Waals surface area contributed by atoms with Crippen LogP contribution in [-0.4, -0.2) is 19.1 Å². The predicted octanol–water partition coefficient (Wildman–Crippen LogP) is 5.16. The molecule has 0 fully saturated rings. The average Bonchev–Trinajstić information content (AvgIpc) is 2.67. The highest BCUT2D eigenvalue weighted by molar-refractivity contribution is 14.1. The minimum atomic E-state index is -0.576. The number of carbonyl (C=O) groups excluding carboxylic acids is 1. The number of benzene rings is 2. The van der Waals surface area contributed by atoms with Crippen LogP contribution in [0, 0.1) is 20.7 Å². The van der Waals surface area contributed by atoms with Crippen molar-refractivity contribution in [2.45, 2.75) is 20.3 Å². The Kier molecular flexibility index (Phi) is 8.26. The quantitative estimate of drug-likeness (QED) is 0.313. The zero-order valence-corrected chi connectivity index (χ0v) is 17.7. The number of hydrogen-bond acceptors (Lipinski definition) is 4. The average molecular weight is 494 g/mol. The molecule has 0 bridgehead atoms. The fraction of sp³-hybridized carbons (Fsp3) is 0.238.